The lowest BCUT2D eigenvalue weighted by atomic mass is 9.83. The first-order valence-electron chi connectivity index (χ1n) is 38.6. The Morgan fingerprint density at radius 3 is 1.61 bits per heavy atom. The van der Waals surface area contributed by atoms with Crippen molar-refractivity contribution in [3.63, 3.8) is 0 Å². The van der Waals surface area contributed by atoms with Gasteiger partial charge in [0.05, 0.1) is 79.6 Å². The molecule has 0 aromatic heterocycles. The van der Waals surface area contributed by atoms with E-state index in [1.807, 2.05) is 6.08 Å². The number of ether oxygens (including phenoxy) is 6. The molecule has 0 saturated carbocycles. The molecule has 6 bridgehead atoms. The smallest absolute Gasteiger partial charge is 0.308 e. The number of nitrogens with two attached hydrogens (primary N) is 1. The van der Waals surface area contributed by atoms with Crippen LogP contribution in [0.3, 0.4) is 0 Å². The number of aliphatic hydroxyl groups is 1. The summed E-state index contributed by atoms with van der Waals surface area (Å²) in [6.45, 7) is 75.1. The van der Waals surface area contributed by atoms with E-state index < -0.39 is 141 Å². The van der Waals surface area contributed by atoms with E-state index in [1.54, 1.807) is 6.08 Å². The Balaban J connectivity index is 1.50. The summed E-state index contributed by atoms with van der Waals surface area (Å²) in [5, 5.41) is 11.3. The Labute approximate surface area is 609 Å². The zero-order valence-corrected chi connectivity index (χ0v) is 74.1. The molecule has 19 atom stereocenters. The first-order chi connectivity index (χ1) is 45.1. The SMILES string of the molecule is C=C1C[C@@H]2CCC(=O)/C=C/C(O[Si](C)(C)C(C)(C)C)[C@@H]3O[C@H]4CCC(CC(=O)O[C@@H]5[C@@H](N)[C@@H]6OC(CCO[Si](C)(C)C(C)(C)C)C(O[Si](C)(C)C(C)(C)C)C[C@@H]6O[C@H]5CC(O[Si](CC)(CC)CC)C(=C)[C@H](C)C[C@H](O)CCC1O2)O[C@@H]4C(O[Si](C)(C)C(C)(C)C)C3O[Si](C)(C)C(C)(C)C. The fourth-order valence-electron chi connectivity index (χ4n) is 13.8. The number of ketones is 1. The van der Waals surface area contributed by atoms with Crippen LogP contribution in [0.1, 0.15) is 209 Å². The minimum absolute atomic E-state index is 0.0196. The first kappa shape index (κ1) is 87.1. The van der Waals surface area contributed by atoms with Crippen molar-refractivity contribution >= 4 is 61.7 Å². The molecule has 574 valence electrons. The van der Waals surface area contributed by atoms with Gasteiger partial charge < -0.3 is 65.8 Å². The fourth-order valence-corrected chi connectivity index (χ4v) is 22.9. The molecule has 22 heteroatoms. The van der Waals surface area contributed by atoms with Crippen molar-refractivity contribution in [1.82, 2.24) is 0 Å². The second kappa shape index (κ2) is 33.3. The summed E-state index contributed by atoms with van der Waals surface area (Å²) in [5.74, 6) is -0.647. The molecule has 5 saturated heterocycles. The third kappa shape index (κ3) is 21.7. The molecule has 0 amide bonds. The quantitative estimate of drug-likeness (QED) is 0.0793. The van der Waals surface area contributed by atoms with Crippen LogP contribution in [0.2, 0.25) is 109 Å². The molecular formula is C77H147NO15Si6. The monoisotopic (exact) mass is 1490 g/mol. The number of carbonyl (C=O) groups is 2. The number of aliphatic hydroxyl groups excluding tert-OH is 1. The Morgan fingerprint density at radius 2 is 1.06 bits per heavy atom. The third-order valence-corrected chi connectivity index (χ3v) is 53.3. The number of carbonyl (C=O) groups excluding carboxylic acids is 2. The summed E-state index contributed by atoms with van der Waals surface area (Å²) in [6, 6.07) is 1.90. The van der Waals surface area contributed by atoms with E-state index in [0.29, 0.717) is 70.8 Å². The topological polar surface area (TPSA) is 191 Å². The standard InChI is InChI=1S/C77H147NO15Si6/c1-32-99(33-2,34-3)91-61-48-63-68(66(78)67-64(85-63)49-62(90-96(26,27)75(13,14)15)58(86-67)43-44-82-94(22,23)73(7,8)9)88-65(81)47-56-39-42-59-69(84-56)71(92-97(28,29)76(16,17)18)72(93-98(30,31)77(19,20)21)70(87-59)60(89-95(24,25)74(10,11)12)41-36-53(79)35-38-55-46-51(5)57(83-55)40-37-54(80)45-50(4)52(61)6/h36,41,50,54-64,66-72,80H,5-6,32-35,37-40,42-49,78H2,1-4,7-31H3/b41-36+/t50-,54-,55+,56?,57?,58?,59+,60?,61?,62?,63+,64+,66+,67-,68+,69+,70+,71?,72?/m1/s1. The van der Waals surface area contributed by atoms with Crippen LogP contribution < -0.4 is 5.73 Å². The van der Waals surface area contributed by atoms with Gasteiger partial charge in [0.15, 0.2) is 55.7 Å². The summed E-state index contributed by atoms with van der Waals surface area (Å²) in [5.41, 5.74) is 9.59. The minimum Gasteiger partial charge on any atom is -0.458 e. The second-order valence-corrected chi connectivity index (χ2v) is 67.2. The molecule has 7 aliphatic rings. The lowest BCUT2D eigenvalue weighted by Gasteiger charge is -2.56. The predicted molar refractivity (Wildman–Crippen MR) is 418 cm³/mol. The van der Waals surface area contributed by atoms with Gasteiger partial charge in [-0.2, -0.15) is 0 Å². The summed E-state index contributed by atoms with van der Waals surface area (Å²) in [7, 11) is -14.8. The van der Waals surface area contributed by atoms with Gasteiger partial charge in [-0.25, -0.2) is 0 Å². The van der Waals surface area contributed by atoms with Gasteiger partial charge in [-0.3, -0.25) is 9.59 Å². The van der Waals surface area contributed by atoms with Crippen LogP contribution in [0.5, 0.6) is 0 Å². The molecule has 5 fully saturated rings. The summed E-state index contributed by atoms with van der Waals surface area (Å²) >= 11 is 0. The van der Waals surface area contributed by atoms with E-state index in [4.69, 9.17) is 67.3 Å². The van der Waals surface area contributed by atoms with E-state index in [0.717, 1.165) is 29.3 Å². The molecule has 0 spiro atoms. The summed E-state index contributed by atoms with van der Waals surface area (Å²) < 4.78 is 88.5. The van der Waals surface area contributed by atoms with Crippen molar-refractivity contribution in [3.8, 4) is 0 Å². The fraction of sp³-hybridized carbons (Fsp3) is 0.896. The maximum absolute atomic E-state index is 15.5. The van der Waals surface area contributed by atoms with Crippen LogP contribution in [-0.2, 0) is 64.6 Å². The highest BCUT2D eigenvalue weighted by Crippen LogP contribution is 2.50. The van der Waals surface area contributed by atoms with Gasteiger partial charge in [0.2, 0.25) is 0 Å². The summed E-state index contributed by atoms with van der Waals surface area (Å²) in [4.78, 5) is 29.9. The van der Waals surface area contributed by atoms with Crippen LogP contribution in [0.15, 0.2) is 36.5 Å². The number of hydrogen-bond acceptors (Lipinski definition) is 16. The molecule has 0 aromatic carbocycles. The normalized spacial score (nSPS) is 34.6. The molecular weight excluding hydrogens is 1350 g/mol. The first-order valence-corrected chi connectivity index (χ1v) is 55.7. The molecule has 0 aliphatic carbocycles. The Hall–Kier alpha value is -0.859. The van der Waals surface area contributed by atoms with Gasteiger partial charge in [0, 0.05) is 25.9 Å². The molecule has 3 N–H and O–H groups in total. The van der Waals surface area contributed by atoms with Crippen LogP contribution in [0.25, 0.3) is 0 Å². The maximum Gasteiger partial charge on any atom is 0.308 e. The van der Waals surface area contributed by atoms with Crippen molar-refractivity contribution in [2.75, 3.05) is 6.61 Å². The zero-order valence-electron chi connectivity index (χ0n) is 68.1. The Bertz CT molecular complexity index is 2690. The summed E-state index contributed by atoms with van der Waals surface area (Å²) in [6.07, 6.45) is -0.404. The highest BCUT2D eigenvalue weighted by atomic mass is 28.4. The zero-order chi connectivity index (χ0) is 75.0. The van der Waals surface area contributed by atoms with E-state index in [2.05, 4.69) is 204 Å². The van der Waals surface area contributed by atoms with E-state index in [1.165, 1.54) is 0 Å². The van der Waals surface area contributed by atoms with Gasteiger partial charge >= 0.3 is 5.97 Å². The van der Waals surface area contributed by atoms with Crippen LogP contribution >= 0.6 is 0 Å². The molecule has 99 heavy (non-hydrogen) atoms. The number of allylic oxidation sites excluding steroid dienone is 1. The number of fused-ring (bicyclic) bond motifs is 16. The number of hydrogen-bond donors (Lipinski definition) is 2. The average molecular weight is 1500 g/mol. The average Bonchev–Trinajstić information content (AvgIpc) is 0.982. The van der Waals surface area contributed by atoms with Gasteiger partial charge in [-0.15, -0.1) is 0 Å². The Morgan fingerprint density at radius 1 is 0.545 bits per heavy atom. The molecule has 16 nitrogen and oxygen atoms in total. The van der Waals surface area contributed by atoms with Crippen LogP contribution in [0, 0.1) is 5.92 Å². The van der Waals surface area contributed by atoms with Crippen molar-refractivity contribution in [1.29, 1.82) is 0 Å². The molecule has 0 aromatic rings. The van der Waals surface area contributed by atoms with Gasteiger partial charge in [-0.1, -0.05) is 151 Å². The second-order valence-electron chi connectivity index (χ2n) is 38.6. The van der Waals surface area contributed by atoms with Crippen molar-refractivity contribution < 1.29 is 69.7 Å². The largest absolute Gasteiger partial charge is 0.458 e. The molecule has 0 radical (unpaired) electrons. The highest BCUT2D eigenvalue weighted by Gasteiger charge is 2.60. The molecule has 7 rings (SSSR count). The van der Waals surface area contributed by atoms with Crippen LogP contribution in [0.4, 0.5) is 0 Å². The molecule has 7 aliphatic heterocycles. The third-order valence-electron chi connectivity index (χ3n) is 26.2. The van der Waals surface area contributed by atoms with E-state index in [-0.39, 0.29) is 74.1 Å². The van der Waals surface area contributed by atoms with Crippen molar-refractivity contribution in [3.05, 3.63) is 36.5 Å². The van der Waals surface area contributed by atoms with Gasteiger partial charge in [-0.05, 0) is 183 Å². The maximum atomic E-state index is 15.5. The number of esters is 1. The van der Waals surface area contributed by atoms with E-state index >= 15 is 4.79 Å². The lowest BCUT2D eigenvalue weighted by Crippen LogP contribution is -2.69. The lowest BCUT2D eigenvalue weighted by molar-refractivity contribution is -0.269. The van der Waals surface area contributed by atoms with Gasteiger partial charge in [0.25, 0.3) is 0 Å². The highest BCUT2D eigenvalue weighted by molar-refractivity contribution is 6.76. The minimum atomic E-state index is -2.67. The predicted octanol–water partition coefficient (Wildman–Crippen LogP) is 18.0. The molecule has 7 heterocycles. The van der Waals surface area contributed by atoms with Crippen molar-refractivity contribution in [2.45, 2.75) is 427 Å². The van der Waals surface area contributed by atoms with Gasteiger partial charge in [0.1, 0.15) is 36.6 Å². The number of rotatable bonds is 17. The van der Waals surface area contributed by atoms with Crippen molar-refractivity contribution in [2.24, 2.45) is 11.7 Å². The molecule has 8 unspecified atom stereocenters. The van der Waals surface area contributed by atoms with E-state index in [9.17, 15) is 9.90 Å². The van der Waals surface area contributed by atoms with Crippen LogP contribution in [-0.4, -0.2) is 183 Å². The Kier molecular flexibility index (Phi) is 29.3.